The first-order valence-electron chi connectivity index (χ1n) is 5.24. The fraction of sp³-hybridized carbons (Fsp3) is 0.583. The zero-order valence-corrected chi connectivity index (χ0v) is 10.4. The third kappa shape index (κ3) is 5.85. The van der Waals surface area contributed by atoms with Gasteiger partial charge in [0.05, 0.1) is 20.6 Å². The van der Waals surface area contributed by atoms with Gasteiger partial charge in [-0.05, 0) is 13.3 Å². The number of ether oxygens (including phenoxy) is 2. The number of hydrogen-bond donors (Lipinski definition) is 0. The van der Waals surface area contributed by atoms with Crippen molar-refractivity contribution in [2.24, 2.45) is 5.92 Å². The molecule has 0 aromatic carbocycles. The lowest BCUT2D eigenvalue weighted by molar-refractivity contribution is -0.155. The Morgan fingerprint density at radius 1 is 1.12 bits per heavy atom. The number of rotatable bonds is 7. The van der Waals surface area contributed by atoms with E-state index in [1.807, 2.05) is 0 Å². The molecule has 17 heavy (non-hydrogen) atoms. The van der Waals surface area contributed by atoms with Crippen molar-refractivity contribution in [3.8, 4) is 0 Å². The monoisotopic (exact) mass is 242 g/mol. The Bertz CT molecular complexity index is 319. The highest BCUT2D eigenvalue weighted by Gasteiger charge is 2.29. The van der Waals surface area contributed by atoms with E-state index < -0.39 is 17.9 Å². The van der Waals surface area contributed by atoms with E-state index in [0.717, 1.165) is 5.57 Å². The number of carbonyl (C=O) groups is 3. The maximum absolute atomic E-state index is 11.7. The molecule has 0 rings (SSSR count). The molecular formula is C12H18O5. The summed E-state index contributed by atoms with van der Waals surface area (Å²) >= 11 is 0. The first-order chi connectivity index (χ1) is 7.92. The summed E-state index contributed by atoms with van der Waals surface area (Å²) in [6.07, 6.45) is 0.387. The van der Waals surface area contributed by atoms with Gasteiger partial charge < -0.3 is 9.47 Å². The van der Waals surface area contributed by atoms with Crippen LogP contribution >= 0.6 is 0 Å². The predicted octanol–water partition coefficient (Wildman–Crippen LogP) is 1.26. The molecule has 0 aliphatic rings. The molecule has 0 aliphatic heterocycles. The second-order valence-electron chi connectivity index (χ2n) is 3.78. The molecule has 0 aromatic rings. The molecule has 0 N–H and O–H groups in total. The number of allylic oxidation sites excluding steroid dienone is 1. The normalized spacial score (nSPS) is 11.5. The zero-order valence-electron chi connectivity index (χ0n) is 10.4. The highest BCUT2D eigenvalue weighted by Crippen LogP contribution is 2.14. The average Bonchev–Trinajstić information content (AvgIpc) is 2.31. The minimum Gasteiger partial charge on any atom is -0.469 e. The quantitative estimate of drug-likeness (QED) is 0.382. The minimum absolute atomic E-state index is 0.173. The van der Waals surface area contributed by atoms with Gasteiger partial charge in [0.15, 0.2) is 0 Å². The molecule has 1 atom stereocenters. The molecule has 0 heterocycles. The summed E-state index contributed by atoms with van der Waals surface area (Å²) < 4.78 is 8.93. The fourth-order valence-corrected chi connectivity index (χ4v) is 1.23. The lowest BCUT2D eigenvalue weighted by Gasteiger charge is -2.12. The van der Waals surface area contributed by atoms with E-state index in [9.17, 15) is 14.4 Å². The molecule has 5 heteroatoms. The molecule has 0 saturated heterocycles. The number of hydrogen-bond acceptors (Lipinski definition) is 5. The summed E-state index contributed by atoms with van der Waals surface area (Å²) in [5, 5.41) is 0. The van der Waals surface area contributed by atoms with Gasteiger partial charge in [0.25, 0.3) is 0 Å². The first kappa shape index (κ1) is 15.3. The Kier molecular flexibility index (Phi) is 6.86. The number of ketones is 1. The summed E-state index contributed by atoms with van der Waals surface area (Å²) in [5.41, 5.74) is 0.847. The Hall–Kier alpha value is -1.65. The van der Waals surface area contributed by atoms with Crippen LogP contribution in [0.4, 0.5) is 0 Å². The molecule has 1 unspecified atom stereocenters. The van der Waals surface area contributed by atoms with Crippen LogP contribution < -0.4 is 0 Å². The maximum Gasteiger partial charge on any atom is 0.316 e. The number of methoxy groups -OCH3 is 2. The van der Waals surface area contributed by atoms with E-state index >= 15 is 0 Å². The van der Waals surface area contributed by atoms with Crippen molar-refractivity contribution in [1.29, 1.82) is 0 Å². The third-order valence-electron chi connectivity index (χ3n) is 2.27. The van der Waals surface area contributed by atoms with Crippen molar-refractivity contribution in [2.45, 2.75) is 26.2 Å². The summed E-state index contributed by atoms with van der Waals surface area (Å²) in [7, 11) is 2.38. The van der Waals surface area contributed by atoms with Gasteiger partial charge >= 0.3 is 11.9 Å². The standard InChI is InChI=1S/C12H18O5/c1-8(2)5-6-10(13)9(12(15)17-4)7-11(14)16-3/h9H,1,5-7H2,2-4H3. The maximum atomic E-state index is 11.7. The Morgan fingerprint density at radius 3 is 2.12 bits per heavy atom. The Morgan fingerprint density at radius 2 is 1.71 bits per heavy atom. The third-order valence-corrected chi connectivity index (χ3v) is 2.27. The molecule has 0 aliphatic carbocycles. The number of carbonyl (C=O) groups excluding carboxylic acids is 3. The van der Waals surface area contributed by atoms with Gasteiger partial charge in [0.1, 0.15) is 11.7 Å². The van der Waals surface area contributed by atoms with Gasteiger partial charge in [-0.2, -0.15) is 0 Å². The molecule has 0 saturated carbocycles. The molecule has 0 fully saturated rings. The van der Waals surface area contributed by atoms with Crippen LogP contribution in [0.5, 0.6) is 0 Å². The molecule has 0 radical (unpaired) electrons. The van der Waals surface area contributed by atoms with Gasteiger partial charge in [-0.15, -0.1) is 6.58 Å². The summed E-state index contributed by atoms with van der Waals surface area (Å²) in [6, 6.07) is 0. The molecular weight excluding hydrogens is 224 g/mol. The number of esters is 2. The van der Waals surface area contributed by atoms with Crippen LogP contribution in [0.3, 0.4) is 0 Å². The van der Waals surface area contributed by atoms with Crippen LogP contribution in [0.15, 0.2) is 12.2 Å². The van der Waals surface area contributed by atoms with Crippen molar-refractivity contribution < 1.29 is 23.9 Å². The minimum atomic E-state index is -1.08. The number of Topliss-reactive ketones (excluding diaryl/α,β-unsaturated/α-hetero) is 1. The van der Waals surface area contributed by atoms with Crippen molar-refractivity contribution >= 4 is 17.7 Å². The Labute approximate surface area is 101 Å². The van der Waals surface area contributed by atoms with E-state index in [0.29, 0.717) is 6.42 Å². The van der Waals surface area contributed by atoms with E-state index in [-0.39, 0.29) is 18.6 Å². The van der Waals surface area contributed by atoms with Gasteiger partial charge in [-0.1, -0.05) is 5.57 Å². The summed E-state index contributed by atoms with van der Waals surface area (Å²) in [6.45, 7) is 5.46. The van der Waals surface area contributed by atoms with Crippen molar-refractivity contribution in [2.75, 3.05) is 14.2 Å². The van der Waals surface area contributed by atoms with E-state index in [1.165, 1.54) is 14.2 Å². The molecule has 0 amide bonds. The topological polar surface area (TPSA) is 69.7 Å². The largest absolute Gasteiger partial charge is 0.469 e. The molecule has 96 valence electrons. The predicted molar refractivity (Wildman–Crippen MR) is 61.2 cm³/mol. The van der Waals surface area contributed by atoms with Crippen LogP contribution in [-0.4, -0.2) is 31.9 Å². The van der Waals surface area contributed by atoms with E-state index in [2.05, 4.69) is 16.1 Å². The molecule has 5 nitrogen and oxygen atoms in total. The smallest absolute Gasteiger partial charge is 0.316 e. The van der Waals surface area contributed by atoms with Crippen molar-refractivity contribution in [1.82, 2.24) is 0 Å². The van der Waals surface area contributed by atoms with Gasteiger partial charge in [0.2, 0.25) is 0 Å². The molecule has 0 spiro atoms. The molecule has 0 aromatic heterocycles. The second kappa shape index (κ2) is 7.60. The lowest BCUT2D eigenvalue weighted by Crippen LogP contribution is -2.28. The first-order valence-corrected chi connectivity index (χ1v) is 5.24. The zero-order chi connectivity index (χ0) is 13.4. The Balaban J connectivity index is 4.56. The lowest BCUT2D eigenvalue weighted by atomic mass is 9.95. The van der Waals surface area contributed by atoms with Crippen LogP contribution in [0.2, 0.25) is 0 Å². The van der Waals surface area contributed by atoms with Crippen LogP contribution in [-0.2, 0) is 23.9 Å². The highest BCUT2D eigenvalue weighted by molar-refractivity contribution is 6.01. The van der Waals surface area contributed by atoms with Crippen molar-refractivity contribution in [3.05, 3.63) is 12.2 Å². The SMILES string of the molecule is C=C(C)CCC(=O)C(CC(=O)OC)C(=O)OC. The molecule has 0 bridgehead atoms. The average molecular weight is 242 g/mol. The van der Waals surface area contributed by atoms with Crippen molar-refractivity contribution in [3.63, 3.8) is 0 Å². The van der Waals surface area contributed by atoms with Crippen LogP contribution in [0.25, 0.3) is 0 Å². The van der Waals surface area contributed by atoms with E-state index in [4.69, 9.17) is 0 Å². The van der Waals surface area contributed by atoms with Gasteiger partial charge in [0, 0.05) is 6.42 Å². The van der Waals surface area contributed by atoms with Gasteiger partial charge in [-0.3, -0.25) is 14.4 Å². The summed E-state index contributed by atoms with van der Waals surface area (Å²) in [5.74, 6) is -2.72. The highest BCUT2D eigenvalue weighted by atomic mass is 16.5. The van der Waals surface area contributed by atoms with Crippen LogP contribution in [0.1, 0.15) is 26.2 Å². The van der Waals surface area contributed by atoms with E-state index in [1.54, 1.807) is 6.92 Å². The van der Waals surface area contributed by atoms with Crippen LogP contribution in [0, 0.1) is 5.92 Å². The van der Waals surface area contributed by atoms with Gasteiger partial charge in [-0.25, -0.2) is 0 Å². The fourth-order valence-electron chi connectivity index (χ4n) is 1.23. The second-order valence-corrected chi connectivity index (χ2v) is 3.78. The summed E-state index contributed by atoms with van der Waals surface area (Å²) in [4.78, 5) is 34.2.